The van der Waals surface area contributed by atoms with Crippen LogP contribution >= 0.6 is 0 Å². The van der Waals surface area contributed by atoms with E-state index in [9.17, 15) is 4.79 Å². The normalized spacial score (nSPS) is 29.2. The second kappa shape index (κ2) is 7.07. The number of rotatable bonds is 7. The molecule has 0 aromatic rings. The first kappa shape index (κ1) is 15.4. The summed E-state index contributed by atoms with van der Waals surface area (Å²) in [4.78, 5) is 11.9. The Balaban J connectivity index is 2.57. The van der Waals surface area contributed by atoms with E-state index in [0.717, 1.165) is 19.4 Å². The van der Waals surface area contributed by atoms with Crippen molar-refractivity contribution < 1.29 is 19.0 Å². The molecule has 0 amide bonds. The van der Waals surface area contributed by atoms with Gasteiger partial charge >= 0.3 is 5.97 Å². The molecule has 0 saturated heterocycles. The Kier molecular flexibility index (Phi) is 6.05. The van der Waals surface area contributed by atoms with Gasteiger partial charge in [0.1, 0.15) is 5.54 Å². The molecule has 3 atom stereocenters. The maximum atomic E-state index is 11.9. The standard InChI is InChI=1S/C13H25NO4/c1-5-14-13(12(15)17-4)7-6-11(8-13)18-10(2)9-16-3/h10-11,14H,5-9H2,1-4H3. The number of hydrogen-bond acceptors (Lipinski definition) is 5. The van der Waals surface area contributed by atoms with Gasteiger partial charge in [0.05, 0.1) is 25.9 Å². The molecule has 0 spiro atoms. The maximum Gasteiger partial charge on any atom is 0.326 e. The first-order chi connectivity index (χ1) is 8.57. The summed E-state index contributed by atoms with van der Waals surface area (Å²) in [5.74, 6) is -0.185. The number of esters is 1. The third-order valence-electron chi connectivity index (χ3n) is 3.39. The molecule has 5 nitrogen and oxygen atoms in total. The van der Waals surface area contributed by atoms with E-state index in [4.69, 9.17) is 14.2 Å². The lowest BCUT2D eigenvalue weighted by Crippen LogP contribution is -2.51. The zero-order valence-corrected chi connectivity index (χ0v) is 11.8. The molecule has 1 N–H and O–H groups in total. The van der Waals surface area contributed by atoms with Gasteiger partial charge in [-0.3, -0.25) is 4.79 Å². The molecule has 18 heavy (non-hydrogen) atoms. The predicted octanol–water partition coefficient (Wildman–Crippen LogP) is 1.11. The summed E-state index contributed by atoms with van der Waals surface area (Å²) in [5.41, 5.74) is -0.568. The van der Waals surface area contributed by atoms with Crippen LogP contribution in [0.5, 0.6) is 0 Å². The molecule has 5 heteroatoms. The minimum Gasteiger partial charge on any atom is -0.468 e. The molecule has 1 aliphatic rings. The maximum absolute atomic E-state index is 11.9. The van der Waals surface area contributed by atoms with E-state index in [2.05, 4.69) is 5.32 Å². The molecule has 1 fully saturated rings. The van der Waals surface area contributed by atoms with Gasteiger partial charge in [0, 0.05) is 13.5 Å². The molecule has 1 saturated carbocycles. The number of carbonyl (C=O) groups is 1. The molecule has 0 heterocycles. The van der Waals surface area contributed by atoms with E-state index in [-0.39, 0.29) is 18.2 Å². The Labute approximate surface area is 109 Å². The zero-order valence-electron chi connectivity index (χ0n) is 11.8. The van der Waals surface area contributed by atoms with Gasteiger partial charge in [-0.25, -0.2) is 0 Å². The van der Waals surface area contributed by atoms with Crippen molar-refractivity contribution in [3.05, 3.63) is 0 Å². The molecular weight excluding hydrogens is 234 g/mol. The summed E-state index contributed by atoms with van der Waals surface area (Å²) in [6, 6.07) is 0. The van der Waals surface area contributed by atoms with Crippen molar-refractivity contribution in [3.63, 3.8) is 0 Å². The summed E-state index contributed by atoms with van der Waals surface area (Å²) < 4.78 is 15.8. The van der Waals surface area contributed by atoms with E-state index in [1.807, 2.05) is 13.8 Å². The van der Waals surface area contributed by atoms with Crippen LogP contribution in [0.25, 0.3) is 0 Å². The smallest absolute Gasteiger partial charge is 0.326 e. The Morgan fingerprint density at radius 2 is 2.22 bits per heavy atom. The molecule has 3 unspecified atom stereocenters. The number of ether oxygens (including phenoxy) is 3. The van der Waals surface area contributed by atoms with Crippen molar-refractivity contribution in [1.29, 1.82) is 0 Å². The molecule has 0 aliphatic heterocycles. The van der Waals surface area contributed by atoms with Gasteiger partial charge in [-0.2, -0.15) is 0 Å². The van der Waals surface area contributed by atoms with Gasteiger partial charge in [0.15, 0.2) is 0 Å². The Morgan fingerprint density at radius 3 is 2.78 bits per heavy atom. The van der Waals surface area contributed by atoms with E-state index < -0.39 is 5.54 Å². The van der Waals surface area contributed by atoms with Crippen molar-refractivity contribution >= 4 is 5.97 Å². The highest BCUT2D eigenvalue weighted by Gasteiger charge is 2.46. The summed E-state index contributed by atoms with van der Waals surface area (Å²) in [5, 5.41) is 3.26. The van der Waals surface area contributed by atoms with E-state index in [1.165, 1.54) is 7.11 Å². The molecule has 0 radical (unpaired) electrons. The van der Waals surface area contributed by atoms with Crippen LogP contribution in [0.1, 0.15) is 33.1 Å². The Morgan fingerprint density at radius 1 is 1.50 bits per heavy atom. The third kappa shape index (κ3) is 3.67. The number of carbonyl (C=O) groups excluding carboxylic acids is 1. The van der Waals surface area contributed by atoms with Gasteiger partial charge in [-0.1, -0.05) is 6.92 Å². The average Bonchev–Trinajstić information content (AvgIpc) is 2.73. The van der Waals surface area contributed by atoms with Gasteiger partial charge in [-0.15, -0.1) is 0 Å². The molecule has 0 aromatic carbocycles. The van der Waals surface area contributed by atoms with Crippen LogP contribution in [0.4, 0.5) is 0 Å². The SMILES string of the molecule is CCNC1(C(=O)OC)CCC(OC(C)COC)C1. The quantitative estimate of drug-likeness (QED) is 0.694. The Bertz CT molecular complexity index is 272. The molecule has 1 aliphatic carbocycles. The van der Waals surface area contributed by atoms with E-state index in [0.29, 0.717) is 13.0 Å². The molecule has 106 valence electrons. The monoisotopic (exact) mass is 259 g/mol. The van der Waals surface area contributed by atoms with E-state index >= 15 is 0 Å². The molecule has 0 bridgehead atoms. The topological polar surface area (TPSA) is 56.8 Å². The van der Waals surface area contributed by atoms with Gasteiger partial charge in [0.25, 0.3) is 0 Å². The van der Waals surface area contributed by atoms with Crippen LogP contribution in [0.3, 0.4) is 0 Å². The molecule has 0 aromatic heterocycles. The van der Waals surface area contributed by atoms with Gasteiger partial charge in [0.2, 0.25) is 0 Å². The highest BCUT2D eigenvalue weighted by atomic mass is 16.5. The summed E-state index contributed by atoms with van der Waals surface area (Å²) in [6.07, 6.45) is 2.44. The second-order valence-electron chi connectivity index (χ2n) is 4.87. The first-order valence-corrected chi connectivity index (χ1v) is 6.55. The van der Waals surface area contributed by atoms with Crippen molar-refractivity contribution in [2.45, 2.75) is 50.9 Å². The zero-order chi connectivity index (χ0) is 13.6. The van der Waals surface area contributed by atoms with Gasteiger partial charge < -0.3 is 19.5 Å². The lowest BCUT2D eigenvalue weighted by molar-refractivity contribution is -0.149. The van der Waals surface area contributed by atoms with Crippen LogP contribution in [-0.2, 0) is 19.0 Å². The summed E-state index contributed by atoms with van der Waals surface area (Å²) in [6.45, 7) is 5.29. The van der Waals surface area contributed by atoms with Crippen LogP contribution in [0, 0.1) is 0 Å². The highest BCUT2D eigenvalue weighted by Crippen LogP contribution is 2.33. The van der Waals surface area contributed by atoms with Crippen LogP contribution in [0.2, 0.25) is 0 Å². The molecule has 1 rings (SSSR count). The van der Waals surface area contributed by atoms with Crippen molar-refractivity contribution in [1.82, 2.24) is 5.32 Å². The minimum absolute atomic E-state index is 0.0510. The van der Waals surface area contributed by atoms with Crippen LogP contribution in [0.15, 0.2) is 0 Å². The predicted molar refractivity (Wildman–Crippen MR) is 68.5 cm³/mol. The number of likely N-dealkylation sites (N-methyl/N-ethyl adjacent to an activating group) is 1. The van der Waals surface area contributed by atoms with Crippen molar-refractivity contribution in [3.8, 4) is 0 Å². The second-order valence-corrected chi connectivity index (χ2v) is 4.87. The van der Waals surface area contributed by atoms with Crippen molar-refractivity contribution in [2.75, 3.05) is 27.4 Å². The minimum atomic E-state index is -0.568. The highest BCUT2D eigenvalue weighted by molar-refractivity contribution is 5.81. The first-order valence-electron chi connectivity index (χ1n) is 6.55. The van der Waals surface area contributed by atoms with E-state index in [1.54, 1.807) is 7.11 Å². The van der Waals surface area contributed by atoms with Crippen LogP contribution < -0.4 is 5.32 Å². The third-order valence-corrected chi connectivity index (χ3v) is 3.39. The van der Waals surface area contributed by atoms with Crippen LogP contribution in [-0.4, -0.2) is 51.1 Å². The number of nitrogens with one attached hydrogen (secondary N) is 1. The largest absolute Gasteiger partial charge is 0.468 e. The Hall–Kier alpha value is -0.650. The lowest BCUT2D eigenvalue weighted by Gasteiger charge is -2.27. The summed E-state index contributed by atoms with van der Waals surface area (Å²) in [7, 11) is 3.09. The van der Waals surface area contributed by atoms with Gasteiger partial charge in [-0.05, 0) is 26.3 Å². The fourth-order valence-electron chi connectivity index (χ4n) is 2.67. The fraction of sp³-hybridized carbons (Fsp3) is 0.923. The lowest BCUT2D eigenvalue weighted by atomic mass is 9.97. The van der Waals surface area contributed by atoms with Crippen molar-refractivity contribution in [2.24, 2.45) is 0 Å². The number of hydrogen-bond donors (Lipinski definition) is 1. The summed E-state index contributed by atoms with van der Waals surface area (Å²) >= 11 is 0. The number of methoxy groups -OCH3 is 2. The molecular formula is C13H25NO4. The average molecular weight is 259 g/mol. The fourth-order valence-corrected chi connectivity index (χ4v) is 2.67.